The van der Waals surface area contributed by atoms with E-state index in [1.807, 2.05) is 6.07 Å². The Morgan fingerprint density at radius 1 is 1.40 bits per heavy atom. The molecule has 1 aliphatic heterocycles. The molecule has 0 saturated carbocycles. The topological polar surface area (TPSA) is 112 Å². The lowest BCUT2D eigenvalue weighted by Gasteiger charge is -2.17. The van der Waals surface area contributed by atoms with Crippen LogP contribution in [0.1, 0.15) is 12.2 Å². The molecule has 1 fully saturated rings. The molecule has 2 N–H and O–H groups in total. The number of hydrogen-bond donors (Lipinski definition) is 2. The standard InChI is InChI=1S/C16H20N4O4S/c1-20(9-15(21)17-11-6-7-25(23,24)10-11)8-14-18-13-5-3-2-4-12(13)16(22)19-14/h2-5,11H,6-10H2,1H3,(H,17,21)(H,18,19,22)/t11-/m1/s1. The predicted octanol–water partition coefficient (Wildman–Crippen LogP) is -0.342. The lowest BCUT2D eigenvalue weighted by atomic mass is 10.2. The van der Waals surface area contributed by atoms with Crippen LogP contribution in [0.25, 0.3) is 10.9 Å². The summed E-state index contributed by atoms with van der Waals surface area (Å²) >= 11 is 0. The Labute approximate surface area is 145 Å². The average molecular weight is 364 g/mol. The lowest BCUT2D eigenvalue weighted by Crippen LogP contribution is -2.41. The number of hydrogen-bond acceptors (Lipinski definition) is 6. The lowest BCUT2D eigenvalue weighted by molar-refractivity contribution is -0.122. The van der Waals surface area contributed by atoms with Crippen LogP contribution in [0.15, 0.2) is 29.1 Å². The Bertz CT molecular complexity index is 954. The van der Waals surface area contributed by atoms with Crippen molar-refractivity contribution in [3.63, 3.8) is 0 Å². The van der Waals surface area contributed by atoms with Gasteiger partial charge in [-0.15, -0.1) is 0 Å². The van der Waals surface area contributed by atoms with E-state index in [1.54, 1.807) is 30.1 Å². The fourth-order valence-electron chi connectivity index (χ4n) is 2.95. The number of benzene rings is 1. The number of H-pyrrole nitrogens is 1. The molecule has 8 nitrogen and oxygen atoms in total. The normalized spacial score (nSPS) is 19.4. The number of amides is 1. The van der Waals surface area contributed by atoms with Crippen LogP contribution in [-0.4, -0.2) is 60.3 Å². The largest absolute Gasteiger partial charge is 0.351 e. The van der Waals surface area contributed by atoms with Crippen molar-refractivity contribution in [2.45, 2.75) is 19.0 Å². The first-order valence-corrected chi connectivity index (χ1v) is 9.81. The van der Waals surface area contributed by atoms with E-state index in [9.17, 15) is 18.0 Å². The maximum atomic E-state index is 12.1. The molecular weight excluding hydrogens is 344 g/mol. The van der Waals surface area contributed by atoms with Crippen molar-refractivity contribution in [2.24, 2.45) is 0 Å². The van der Waals surface area contributed by atoms with Crippen LogP contribution in [0.2, 0.25) is 0 Å². The van der Waals surface area contributed by atoms with Gasteiger partial charge in [0.15, 0.2) is 9.84 Å². The zero-order chi connectivity index (χ0) is 18.0. The van der Waals surface area contributed by atoms with Crippen LogP contribution in [-0.2, 0) is 21.2 Å². The van der Waals surface area contributed by atoms with E-state index in [0.29, 0.717) is 29.7 Å². The highest BCUT2D eigenvalue weighted by Crippen LogP contribution is 2.11. The van der Waals surface area contributed by atoms with Crippen LogP contribution < -0.4 is 10.9 Å². The van der Waals surface area contributed by atoms with Crippen molar-refractivity contribution in [1.82, 2.24) is 20.2 Å². The highest BCUT2D eigenvalue weighted by Gasteiger charge is 2.29. The molecule has 3 rings (SSSR count). The predicted molar refractivity (Wildman–Crippen MR) is 93.9 cm³/mol. The van der Waals surface area contributed by atoms with Gasteiger partial charge in [-0.3, -0.25) is 14.5 Å². The second-order valence-electron chi connectivity index (χ2n) is 6.37. The molecule has 0 spiro atoms. The molecular formula is C16H20N4O4S. The van der Waals surface area contributed by atoms with Crippen molar-refractivity contribution in [1.29, 1.82) is 0 Å². The van der Waals surface area contributed by atoms with E-state index in [2.05, 4.69) is 15.3 Å². The summed E-state index contributed by atoms with van der Waals surface area (Å²) in [6.45, 7) is 0.392. The van der Waals surface area contributed by atoms with Crippen LogP contribution in [0.4, 0.5) is 0 Å². The first-order valence-electron chi connectivity index (χ1n) is 7.99. The van der Waals surface area contributed by atoms with E-state index in [0.717, 1.165) is 0 Å². The number of likely N-dealkylation sites (N-methyl/N-ethyl adjacent to an activating group) is 1. The van der Waals surface area contributed by atoms with Gasteiger partial charge in [-0.1, -0.05) is 12.1 Å². The minimum absolute atomic E-state index is 0.00199. The van der Waals surface area contributed by atoms with Gasteiger partial charge in [0, 0.05) is 6.04 Å². The number of rotatable bonds is 5. The molecule has 25 heavy (non-hydrogen) atoms. The zero-order valence-electron chi connectivity index (χ0n) is 13.9. The molecule has 0 radical (unpaired) electrons. The summed E-state index contributed by atoms with van der Waals surface area (Å²) in [6.07, 6.45) is 0.456. The van der Waals surface area contributed by atoms with Crippen molar-refractivity contribution < 1.29 is 13.2 Å². The number of carbonyl (C=O) groups is 1. The Morgan fingerprint density at radius 2 is 2.16 bits per heavy atom. The SMILES string of the molecule is CN(CC(=O)N[C@@H]1CCS(=O)(=O)C1)Cc1nc2ccccc2c(=O)[nH]1. The maximum absolute atomic E-state index is 12.1. The highest BCUT2D eigenvalue weighted by atomic mass is 32.2. The third-order valence-corrected chi connectivity index (χ3v) is 5.86. The highest BCUT2D eigenvalue weighted by molar-refractivity contribution is 7.91. The summed E-state index contributed by atoms with van der Waals surface area (Å²) in [5.41, 5.74) is 0.393. The van der Waals surface area contributed by atoms with Gasteiger partial charge < -0.3 is 10.3 Å². The number of nitrogens with zero attached hydrogens (tertiary/aromatic N) is 2. The van der Waals surface area contributed by atoms with Gasteiger partial charge in [0.25, 0.3) is 5.56 Å². The van der Waals surface area contributed by atoms with Crippen LogP contribution in [0.3, 0.4) is 0 Å². The number of aromatic amines is 1. The van der Waals surface area contributed by atoms with Crippen molar-refractivity contribution in [2.75, 3.05) is 25.1 Å². The number of para-hydroxylation sites is 1. The van der Waals surface area contributed by atoms with E-state index >= 15 is 0 Å². The Balaban J connectivity index is 1.60. The molecule has 0 aliphatic carbocycles. The molecule has 9 heteroatoms. The number of aromatic nitrogens is 2. The molecule has 1 aliphatic rings. The monoisotopic (exact) mass is 364 g/mol. The van der Waals surface area contributed by atoms with Crippen LogP contribution in [0, 0.1) is 0 Å². The van der Waals surface area contributed by atoms with Gasteiger partial charge in [-0.05, 0) is 25.6 Å². The average Bonchev–Trinajstić information content (AvgIpc) is 2.85. The van der Waals surface area contributed by atoms with Gasteiger partial charge in [0.1, 0.15) is 5.82 Å². The van der Waals surface area contributed by atoms with Crippen molar-refractivity contribution in [3.05, 3.63) is 40.4 Å². The van der Waals surface area contributed by atoms with Gasteiger partial charge in [0.2, 0.25) is 5.91 Å². The first-order chi connectivity index (χ1) is 11.8. The molecule has 1 aromatic carbocycles. The van der Waals surface area contributed by atoms with Crippen LogP contribution >= 0.6 is 0 Å². The number of carbonyl (C=O) groups excluding carboxylic acids is 1. The molecule has 1 amide bonds. The summed E-state index contributed by atoms with van der Waals surface area (Å²) < 4.78 is 22.8. The van der Waals surface area contributed by atoms with Gasteiger partial charge in [-0.25, -0.2) is 13.4 Å². The molecule has 2 aromatic rings. The molecule has 1 aromatic heterocycles. The minimum atomic E-state index is -3.02. The molecule has 0 unspecified atom stereocenters. The third-order valence-electron chi connectivity index (χ3n) is 4.09. The maximum Gasteiger partial charge on any atom is 0.258 e. The van der Waals surface area contributed by atoms with Crippen molar-refractivity contribution in [3.8, 4) is 0 Å². The zero-order valence-corrected chi connectivity index (χ0v) is 14.7. The summed E-state index contributed by atoms with van der Waals surface area (Å²) in [7, 11) is -1.29. The summed E-state index contributed by atoms with van der Waals surface area (Å²) in [4.78, 5) is 32.9. The molecule has 1 atom stereocenters. The Kier molecular flexibility index (Phi) is 4.87. The molecule has 0 bridgehead atoms. The van der Waals surface area contributed by atoms with E-state index in [4.69, 9.17) is 0 Å². The van der Waals surface area contributed by atoms with Gasteiger partial charge in [-0.2, -0.15) is 0 Å². The van der Waals surface area contributed by atoms with E-state index in [-0.39, 0.29) is 35.6 Å². The summed E-state index contributed by atoms with van der Waals surface area (Å²) in [5, 5.41) is 3.26. The second-order valence-corrected chi connectivity index (χ2v) is 8.60. The molecule has 1 saturated heterocycles. The van der Waals surface area contributed by atoms with Gasteiger partial charge in [0.05, 0.1) is 35.5 Å². The van der Waals surface area contributed by atoms with Gasteiger partial charge >= 0.3 is 0 Å². The minimum Gasteiger partial charge on any atom is -0.351 e. The summed E-state index contributed by atoms with van der Waals surface area (Å²) in [6, 6.07) is 6.74. The number of sulfone groups is 1. The smallest absolute Gasteiger partial charge is 0.258 e. The quantitative estimate of drug-likeness (QED) is 0.751. The summed E-state index contributed by atoms with van der Waals surface area (Å²) in [5.74, 6) is 0.355. The fourth-order valence-corrected chi connectivity index (χ4v) is 4.62. The fraction of sp³-hybridized carbons (Fsp3) is 0.438. The molecule has 134 valence electrons. The Morgan fingerprint density at radius 3 is 2.88 bits per heavy atom. The van der Waals surface area contributed by atoms with E-state index in [1.165, 1.54) is 0 Å². The number of fused-ring (bicyclic) bond motifs is 1. The Hall–Kier alpha value is -2.26. The van der Waals surface area contributed by atoms with E-state index < -0.39 is 9.84 Å². The van der Waals surface area contributed by atoms with Crippen LogP contribution in [0.5, 0.6) is 0 Å². The third kappa shape index (κ3) is 4.43. The van der Waals surface area contributed by atoms with Crippen molar-refractivity contribution >= 4 is 26.6 Å². The first kappa shape index (κ1) is 17.6. The second kappa shape index (κ2) is 6.93. The number of nitrogens with one attached hydrogen (secondary N) is 2. The molecule has 2 heterocycles.